The number of fused-ring (bicyclic) bond motifs is 3. The molecule has 0 N–H and O–H groups in total. The predicted octanol–water partition coefficient (Wildman–Crippen LogP) is 2.06. The molecule has 1 aromatic carbocycles. The smallest absolute Gasteiger partial charge is 0.183 e. The van der Waals surface area contributed by atoms with Gasteiger partial charge in [0.15, 0.2) is 9.84 Å². The molecule has 7 nitrogen and oxygen atoms in total. The lowest BCUT2D eigenvalue weighted by Crippen LogP contribution is -2.25. The molecular weight excluding hydrogens is 374 g/mol. The maximum absolute atomic E-state index is 13.1. The van der Waals surface area contributed by atoms with E-state index in [1.807, 2.05) is 48.6 Å². The summed E-state index contributed by atoms with van der Waals surface area (Å²) in [6.45, 7) is 4.95. The van der Waals surface area contributed by atoms with Gasteiger partial charge in [-0.05, 0) is 30.2 Å². The molecule has 0 spiro atoms. The van der Waals surface area contributed by atoms with E-state index in [1.54, 1.807) is 10.7 Å². The van der Waals surface area contributed by atoms with Crippen LogP contribution in [0.3, 0.4) is 0 Å². The summed E-state index contributed by atoms with van der Waals surface area (Å²) in [5.41, 5.74) is 4.11. The van der Waals surface area contributed by atoms with Gasteiger partial charge in [0.2, 0.25) is 0 Å². The zero-order chi connectivity index (χ0) is 19.5. The Kier molecular flexibility index (Phi) is 3.96. The second-order valence-electron chi connectivity index (χ2n) is 7.74. The minimum Gasteiger partial charge on any atom is -0.297 e. The summed E-state index contributed by atoms with van der Waals surface area (Å²) < 4.78 is 29.9. The zero-order valence-electron chi connectivity index (χ0n) is 16.0. The van der Waals surface area contributed by atoms with Gasteiger partial charge in [-0.1, -0.05) is 6.07 Å². The topological polar surface area (TPSA) is 73.0 Å². The number of hydrogen-bond donors (Lipinski definition) is 0. The van der Waals surface area contributed by atoms with Crippen molar-refractivity contribution in [2.24, 2.45) is 7.05 Å². The lowest BCUT2D eigenvalue weighted by molar-refractivity contribution is 0.325. The highest BCUT2D eigenvalue weighted by Crippen LogP contribution is 2.46. The summed E-state index contributed by atoms with van der Waals surface area (Å²) in [4.78, 5) is 2.75. The first-order valence-corrected chi connectivity index (χ1v) is 11.1. The Bertz CT molecular complexity index is 1150. The largest absolute Gasteiger partial charge is 0.297 e. The van der Waals surface area contributed by atoms with Gasteiger partial charge in [0.25, 0.3) is 0 Å². The molecule has 0 bridgehead atoms. The van der Waals surface area contributed by atoms with Crippen molar-refractivity contribution in [3.8, 4) is 11.1 Å². The quantitative estimate of drug-likeness (QED) is 0.674. The van der Waals surface area contributed by atoms with Crippen molar-refractivity contribution in [2.75, 3.05) is 13.1 Å². The van der Waals surface area contributed by atoms with E-state index in [0.29, 0.717) is 11.4 Å². The van der Waals surface area contributed by atoms with E-state index in [-0.39, 0.29) is 11.2 Å². The molecular formula is C20H23N5O2S. The third-order valence-corrected chi connectivity index (χ3v) is 8.17. The third kappa shape index (κ3) is 2.70. The number of sulfone groups is 1. The molecule has 4 heterocycles. The lowest BCUT2D eigenvalue weighted by Gasteiger charge is -2.16. The molecule has 8 heteroatoms. The molecule has 3 aromatic rings. The number of aryl methyl sites for hydroxylation is 2. The molecule has 0 amide bonds. The highest BCUT2D eigenvalue weighted by Gasteiger charge is 2.50. The lowest BCUT2D eigenvalue weighted by atomic mass is 9.95. The number of benzene rings is 1. The molecule has 1 fully saturated rings. The van der Waals surface area contributed by atoms with Crippen LogP contribution >= 0.6 is 0 Å². The number of likely N-dealkylation sites (tertiary alicyclic amines) is 1. The average molecular weight is 398 g/mol. The van der Waals surface area contributed by atoms with Crippen LogP contribution in [-0.2, 0) is 30.0 Å². The van der Waals surface area contributed by atoms with Crippen molar-refractivity contribution >= 4 is 9.84 Å². The maximum Gasteiger partial charge on any atom is 0.183 e. The van der Waals surface area contributed by atoms with Gasteiger partial charge in [0.1, 0.15) is 0 Å². The minimum absolute atomic E-state index is 0.0258. The Morgan fingerprint density at radius 1 is 1.11 bits per heavy atom. The van der Waals surface area contributed by atoms with E-state index in [4.69, 9.17) is 0 Å². The standard InChI is InChI=1S/C20H23N5O2S/c1-3-25-10-14(7-22-25)9-24-12-18-17-6-15(16-8-21-23(2)11-16)4-5-19(17)28(26,27)20(18)13-24/h4-8,10-11,18,20H,3,9,12-13H2,1-2H3. The van der Waals surface area contributed by atoms with Crippen molar-refractivity contribution in [1.29, 1.82) is 0 Å². The SMILES string of the molecule is CCn1cc(CN2CC3c4cc(-c5cnn(C)c5)ccc4S(=O)(=O)C3C2)cn1. The van der Waals surface area contributed by atoms with Crippen molar-refractivity contribution in [2.45, 2.75) is 36.1 Å². The fourth-order valence-electron chi connectivity index (χ4n) is 4.52. The highest BCUT2D eigenvalue weighted by atomic mass is 32.2. The molecule has 2 aliphatic heterocycles. The van der Waals surface area contributed by atoms with Crippen LogP contribution in [-0.4, -0.2) is 51.2 Å². The van der Waals surface area contributed by atoms with E-state index in [0.717, 1.165) is 41.9 Å². The van der Waals surface area contributed by atoms with Crippen LogP contribution in [0.2, 0.25) is 0 Å². The Labute approximate surface area is 164 Å². The average Bonchev–Trinajstić information content (AvgIpc) is 3.43. The van der Waals surface area contributed by atoms with Gasteiger partial charge in [-0.15, -0.1) is 0 Å². The van der Waals surface area contributed by atoms with Gasteiger partial charge in [-0.2, -0.15) is 10.2 Å². The molecule has 2 aliphatic rings. The van der Waals surface area contributed by atoms with Crippen LogP contribution in [0.1, 0.15) is 24.0 Å². The number of nitrogens with zero attached hydrogens (tertiary/aromatic N) is 5. The van der Waals surface area contributed by atoms with Crippen LogP contribution in [0.15, 0.2) is 47.9 Å². The van der Waals surface area contributed by atoms with E-state index in [1.165, 1.54) is 0 Å². The normalized spacial score (nSPS) is 23.1. The number of aromatic nitrogens is 4. The Morgan fingerprint density at radius 2 is 1.96 bits per heavy atom. The van der Waals surface area contributed by atoms with Crippen molar-refractivity contribution in [1.82, 2.24) is 24.5 Å². The number of hydrogen-bond acceptors (Lipinski definition) is 5. The highest BCUT2D eigenvalue weighted by molar-refractivity contribution is 7.92. The van der Waals surface area contributed by atoms with E-state index in [9.17, 15) is 8.42 Å². The van der Waals surface area contributed by atoms with E-state index < -0.39 is 9.84 Å². The Morgan fingerprint density at radius 3 is 2.68 bits per heavy atom. The van der Waals surface area contributed by atoms with Crippen molar-refractivity contribution in [3.63, 3.8) is 0 Å². The summed E-state index contributed by atoms with van der Waals surface area (Å²) in [6.07, 6.45) is 7.68. The van der Waals surface area contributed by atoms with Crippen molar-refractivity contribution < 1.29 is 8.42 Å². The molecule has 0 aliphatic carbocycles. The molecule has 2 unspecified atom stereocenters. The summed E-state index contributed by atoms with van der Waals surface area (Å²) >= 11 is 0. The fourth-order valence-corrected chi connectivity index (χ4v) is 6.72. The first-order chi connectivity index (χ1) is 13.5. The van der Waals surface area contributed by atoms with Crippen LogP contribution < -0.4 is 0 Å². The molecule has 1 saturated heterocycles. The molecule has 28 heavy (non-hydrogen) atoms. The summed E-state index contributed by atoms with van der Waals surface area (Å²) in [5, 5.41) is 8.20. The third-order valence-electron chi connectivity index (χ3n) is 5.91. The van der Waals surface area contributed by atoms with Crippen LogP contribution in [0, 0.1) is 0 Å². The first kappa shape index (κ1) is 17.6. The molecule has 146 valence electrons. The summed E-state index contributed by atoms with van der Waals surface area (Å²) in [5.74, 6) is 0.0258. The van der Waals surface area contributed by atoms with Gasteiger partial charge in [0.05, 0.1) is 22.5 Å². The van der Waals surface area contributed by atoms with E-state index in [2.05, 4.69) is 22.0 Å². The second kappa shape index (κ2) is 6.28. The zero-order valence-corrected chi connectivity index (χ0v) is 16.8. The number of rotatable bonds is 4. The van der Waals surface area contributed by atoms with Crippen LogP contribution in [0.4, 0.5) is 0 Å². The minimum atomic E-state index is -3.28. The molecule has 2 atom stereocenters. The molecule has 0 saturated carbocycles. The fraction of sp³-hybridized carbons (Fsp3) is 0.400. The summed E-state index contributed by atoms with van der Waals surface area (Å²) in [7, 11) is -1.40. The molecule has 0 radical (unpaired) electrons. The predicted molar refractivity (Wildman–Crippen MR) is 106 cm³/mol. The monoisotopic (exact) mass is 397 g/mol. The van der Waals surface area contributed by atoms with Gasteiger partial charge in [-0.3, -0.25) is 14.3 Å². The molecule has 2 aromatic heterocycles. The van der Waals surface area contributed by atoms with Crippen LogP contribution in [0.25, 0.3) is 11.1 Å². The van der Waals surface area contributed by atoms with E-state index >= 15 is 0 Å². The maximum atomic E-state index is 13.1. The van der Waals surface area contributed by atoms with Crippen LogP contribution in [0.5, 0.6) is 0 Å². The second-order valence-corrected chi connectivity index (χ2v) is 9.88. The van der Waals surface area contributed by atoms with Gasteiger partial charge < -0.3 is 0 Å². The van der Waals surface area contributed by atoms with Crippen molar-refractivity contribution in [3.05, 3.63) is 54.1 Å². The first-order valence-electron chi connectivity index (χ1n) is 9.56. The van der Waals surface area contributed by atoms with Gasteiger partial charge in [-0.25, -0.2) is 8.42 Å². The van der Waals surface area contributed by atoms with Gasteiger partial charge in [0, 0.05) is 62.7 Å². The molecule has 5 rings (SSSR count). The summed E-state index contributed by atoms with van der Waals surface area (Å²) in [6, 6.07) is 5.72. The Balaban J connectivity index is 1.45. The Hall–Kier alpha value is -2.45. The van der Waals surface area contributed by atoms with Gasteiger partial charge >= 0.3 is 0 Å².